The topological polar surface area (TPSA) is 149 Å². The van der Waals surface area contributed by atoms with Gasteiger partial charge in [-0.05, 0) is 53.1 Å². The normalized spacial score (nSPS) is 10.9. The van der Waals surface area contributed by atoms with Gasteiger partial charge in [-0.15, -0.1) is 0 Å². The Kier molecular flexibility index (Phi) is 6.25. The number of anilines is 3. The van der Waals surface area contributed by atoms with Crippen molar-refractivity contribution in [3.05, 3.63) is 53.6 Å². The lowest BCUT2D eigenvalue weighted by molar-refractivity contribution is -0.132. The molecule has 168 valence electrons. The number of aryl methyl sites for hydroxylation is 1. The average Bonchev–Trinajstić information content (AvgIpc) is 3.26. The predicted molar refractivity (Wildman–Crippen MR) is 121 cm³/mol. The maximum Gasteiger partial charge on any atom is 0.308 e. The van der Waals surface area contributed by atoms with E-state index in [0.717, 1.165) is 11.3 Å². The summed E-state index contributed by atoms with van der Waals surface area (Å²) < 4.78 is 15.1. The van der Waals surface area contributed by atoms with Crippen LogP contribution >= 0.6 is 0 Å². The van der Waals surface area contributed by atoms with E-state index in [1.54, 1.807) is 24.4 Å². The number of nitrogens with zero attached hydrogens (tertiary/aromatic N) is 5. The van der Waals surface area contributed by atoms with Crippen LogP contribution in [-0.4, -0.2) is 39.6 Å². The highest BCUT2D eigenvalue weighted by molar-refractivity contribution is 5.83. The minimum absolute atomic E-state index is 0.223. The lowest BCUT2D eigenvalue weighted by Gasteiger charge is -2.11. The molecule has 3 N–H and O–H groups in total. The first-order chi connectivity index (χ1) is 16.0. The van der Waals surface area contributed by atoms with Gasteiger partial charge in [0.15, 0.2) is 23.1 Å². The molecule has 0 aliphatic heterocycles. The summed E-state index contributed by atoms with van der Waals surface area (Å²) in [7, 11) is 1.48. The van der Waals surface area contributed by atoms with Gasteiger partial charge in [0.05, 0.1) is 19.0 Å². The highest BCUT2D eigenvalue weighted by atomic mass is 16.6. The number of carbonyl (C=O) groups excluding carboxylic acids is 1. The molecule has 2 heterocycles. The number of hydrazine groups is 1. The Morgan fingerprint density at radius 3 is 2.42 bits per heavy atom. The van der Waals surface area contributed by atoms with Crippen LogP contribution in [-0.2, 0) is 4.79 Å². The van der Waals surface area contributed by atoms with Crippen molar-refractivity contribution in [2.45, 2.75) is 13.8 Å². The molecule has 0 radical (unpaired) electrons. The van der Waals surface area contributed by atoms with Crippen molar-refractivity contribution in [1.82, 2.24) is 20.3 Å². The first-order valence-electron chi connectivity index (χ1n) is 9.76. The van der Waals surface area contributed by atoms with Gasteiger partial charge in [0.2, 0.25) is 11.3 Å². The molecule has 0 atom stereocenters. The van der Waals surface area contributed by atoms with Gasteiger partial charge in [-0.1, -0.05) is 17.7 Å². The van der Waals surface area contributed by atoms with E-state index >= 15 is 0 Å². The van der Waals surface area contributed by atoms with Gasteiger partial charge in [-0.25, -0.2) is 4.63 Å². The van der Waals surface area contributed by atoms with Crippen LogP contribution in [0.3, 0.4) is 0 Å². The van der Waals surface area contributed by atoms with Crippen LogP contribution in [0.15, 0.2) is 52.2 Å². The Balaban J connectivity index is 1.52. The van der Waals surface area contributed by atoms with E-state index in [1.807, 2.05) is 31.2 Å². The number of esters is 1. The zero-order valence-electron chi connectivity index (χ0n) is 18.0. The largest absolute Gasteiger partial charge is 0.493 e. The lowest BCUT2D eigenvalue weighted by atomic mass is 10.2. The van der Waals surface area contributed by atoms with Crippen LogP contribution in [0.2, 0.25) is 0 Å². The first kappa shape index (κ1) is 21.5. The van der Waals surface area contributed by atoms with Crippen molar-refractivity contribution < 1.29 is 18.9 Å². The van der Waals surface area contributed by atoms with Gasteiger partial charge < -0.3 is 9.47 Å². The fourth-order valence-corrected chi connectivity index (χ4v) is 2.74. The second-order valence-electron chi connectivity index (χ2n) is 6.82. The fourth-order valence-electron chi connectivity index (χ4n) is 2.74. The Labute approximate surface area is 188 Å². The molecule has 0 aliphatic rings. The third kappa shape index (κ3) is 5.31. The summed E-state index contributed by atoms with van der Waals surface area (Å²) >= 11 is 0. The molecule has 2 aromatic carbocycles. The molecule has 4 aromatic rings. The summed E-state index contributed by atoms with van der Waals surface area (Å²) in [6.07, 6.45) is 1.55. The smallest absolute Gasteiger partial charge is 0.308 e. The molecule has 4 rings (SSSR count). The van der Waals surface area contributed by atoms with Crippen LogP contribution < -0.4 is 25.8 Å². The standard InChI is InChI=1S/C21H20N8O4/c1-12-4-7-15(8-5-12)25-27-19-18(23-20-21(24-19)29-33-28-20)26-22-11-14-6-9-16(32-13(2)30)17(10-14)31-3/h4-11,25H,1-3H3,(H,23,26,28)(H,24,27,29)/b22-11+. The second kappa shape index (κ2) is 9.60. The van der Waals surface area contributed by atoms with Crippen LogP contribution in [0.5, 0.6) is 11.5 Å². The molecule has 12 heteroatoms. The van der Waals surface area contributed by atoms with E-state index in [9.17, 15) is 4.79 Å². The van der Waals surface area contributed by atoms with Gasteiger partial charge in [-0.2, -0.15) is 15.1 Å². The molecule has 0 saturated carbocycles. The predicted octanol–water partition coefficient (Wildman–Crippen LogP) is 3.14. The Morgan fingerprint density at radius 2 is 1.73 bits per heavy atom. The number of ether oxygens (including phenoxy) is 2. The Hall–Kier alpha value is -4.74. The zero-order valence-corrected chi connectivity index (χ0v) is 18.0. The highest BCUT2D eigenvalue weighted by Crippen LogP contribution is 2.28. The van der Waals surface area contributed by atoms with Crippen molar-refractivity contribution in [2.75, 3.05) is 23.4 Å². The number of hydrazone groups is 1. The van der Waals surface area contributed by atoms with Crippen LogP contribution in [0.4, 0.5) is 17.3 Å². The summed E-state index contributed by atoms with van der Waals surface area (Å²) in [5, 5.41) is 11.6. The van der Waals surface area contributed by atoms with Gasteiger partial charge in [0.25, 0.3) is 0 Å². The molecule has 0 fully saturated rings. The van der Waals surface area contributed by atoms with Gasteiger partial charge in [-0.3, -0.25) is 21.1 Å². The molecular formula is C21H20N8O4. The number of rotatable bonds is 8. The number of aromatic nitrogens is 4. The van der Waals surface area contributed by atoms with E-state index in [0.29, 0.717) is 22.9 Å². The number of methoxy groups -OCH3 is 1. The molecular weight excluding hydrogens is 428 g/mol. The second-order valence-corrected chi connectivity index (χ2v) is 6.82. The molecule has 0 saturated heterocycles. The summed E-state index contributed by atoms with van der Waals surface area (Å²) in [5.74, 6) is 0.899. The molecule has 0 amide bonds. The first-order valence-corrected chi connectivity index (χ1v) is 9.76. The Morgan fingerprint density at radius 1 is 1.00 bits per heavy atom. The minimum atomic E-state index is -0.438. The lowest BCUT2D eigenvalue weighted by Crippen LogP contribution is -2.13. The molecule has 12 nitrogen and oxygen atoms in total. The number of hydrogen-bond acceptors (Lipinski definition) is 12. The van der Waals surface area contributed by atoms with E-state index < -0.39 is 5.97 Å². The highest BCUT2D eigenvalue weighted by Gasteiger charge is 2.12. The van der Waals surface area contributed by atoms with Crippen LogP contribution in [0.25, 0.3) is 11.3 Å². The third-order valence-corrected chi connectivity index (χ3v) is 4.32. The maximum absolute atomic E-state index is 11.2. The summed E-state index contributed by atoms with van der Waals surface area (Å²) in [6, 6.07) is 12.8. The van der Waals surface area contributed by atoms with Crippen LogP contribution in [0.1, 0.15) is 18.1 Å². The molecule has 2 aromatic heterocycles. The van der Waals surface area contributed by atoms with Gasteiger partial charge in [0, 0.05) is 6.92 Å². The van der Waals surface area contributed by atoms with Crippen molar-refractivity contribution in [3.63, 3.8) is 0 Å². The van der Waals surface area contributed by atoms with Crippen molar-refractivity contribution in [1.29, 1.82) is 0 Å². The quantitative estimate of drug-likeness (QED) is 0.158. The molecule has 0 spiro atoms. The van der Waals surface area contributed by atoms with E-state index in [2.05, 4.69) is 41.7 Å². The van der Waals surface area contributed by atoms with Gasteiger partial charge >= 0.3 is 5.97 Å². The minimum Gasteiger partial charge on any atom is -0.493 e. The Bertz CT molecular complexity index is 1300. The summed E-state index contributed by atoms with van der Waals surface area (Å²) in [5.41, 5.74) is 12.0. The summed E-state index contributed by atoms with van der Waals surface area (Å²) in [4.78, 5) is 19.9. The number of hydrogen-bond donors (Lipinski definition) is 3. The van der Waals surface area contributed by atoms with Crippen LogP contribution in [0, 0.1) is 6.92 Å². The molecule has 33 heavy (non-hydrogen) atoms. The monoisotopic (exact) mass is 448 g/mol. The molecule has 0 bridgehead atoms. The maximum atomic E-state index is 11.2. The number of nitrogens with one attached hydrogen (secondary N) is 3. The SMILES string of the molecule is COc1cc(/C=N/Nc2nc3nonc3nc2NNc2ccc(C)cc2)ccc1OC(C)=O. The van der Waals surface area contributed by atoms with E-state index in [-0.39, 0.29) is 17.1 Å². The third-order valence-electron chi connectivity index (χ3n) is 4.32. The average molecular weight is 448 g/mol. The van der Waals surface area contributed by atoms with Crippen molar-refractivity contribution in [3.8, 4) is 11.5 Å². The number of fused-ring (bicyclic) bond motifs is 1. The fraction of sp³-hybridized carbons (Fsp3) is 0.143. The zero-order chi connectivity index (χ0) is 23.2. The van der Waals surface area contributed by atoms with Crippen molar-refractivity contribution >= 4 is 40.8 Å². The van der Waals surface area contributed by atoms with E-state index in [1.165, 1.54) is 14.0 Å². The molecule has 0 unspecified atom stereocenters. The summed E-state index contributed by atoms with van der Waals surface area (Å²) in [6.45, 7) is 3.33. The van der Waals surface area contributed by atoms with Gasteiger partial charge in [0.1, 0.15) is 0 Å². The number of carbonyl (C=O) groups is 1. The van der Waals surface area contributed by atoms with E-state index in [4.69, 9.17) is 14.1 Å². The number of benzene rings is 2. The molecule has 0 aliphatic carbocycles. The van der Waals surface area contributed by atoms with Crippen molar-refractivity contribution in [2.24, 2.45) is 5.10 Å².